The second kappa shape index (κ2) is 1.28. The van der Waals surface area contributed by atoms with Gasteiger partial charge in [0.05, 0.1) is 0 Å². The van der Waals surface area contributed by atoms with E-state index in [-0.39, 0.29) is 0 Å². The van der Waals surface area contributed by atoms with Gasteiger partial charge in [0.15, 0.2) is 0 Å². The summed E-state index contributed by atoms with van der Waals surface area (Å²) in [6.07, 6.45) is 6.63. The van der Waals surface area contributed by atoms with Crippen LogP contribution in [0.2, 0.25) is 0 Å². The van der Waals surface area contributed by atoms with Gasteiger partial charge in [-0.25, -0.2) is 0 Å². The van der Waals surface area contributed by atoms with E-state index in [0.29, 0.717) is 0 Å². The van der Waals surface area contributed by atoms with Crippen molar-refractivity contribution >= 4 is 0 Å². The molecule has 7 fully saturated rings. The predicted molar refractivity (Wildman–Crippen MR) is 55.9 cm³/mol. The number of hydrogen-bond acceptors (Lipinski definition) is 0. The van der Waals surface area contributed by atoms with E-state index in [0.717, 1.165) is 16.2 Å². The zero-order valence-electron chi connectivity index (χ0n) is 9.37. The molecule has 0 N–H and O–H groups in total. The zero-order chi connectivity index (χ0) is 9.37. The molecular weight excluding hydrogens is 180 g/mol. The van der Waals surface area contributed by atoms with Gasteiger partial charge in [-0.2, -0.15) is 0 Å². The van der Waals surface area contributed by atoms with Gasteiger partial charge in [-0.3, -0.25) is 0 Å². The molecular formula is C15H18. The Bertz CT molecular complexity index is 457. The summed E-state index contributed by atoms with van der Waals surface area (Å²) in [4.78, 5) is 0. The molecule has 0 amide bonds. The van der Waals surface area contributed by atoms with Gasteiger partial charge in [-0.05, 0) is 83.4 Å². The van der Waals surface area contributed by atoms with Crippen LogP contribution in [0, 0.1) is 57.7 Å². The quantitative estimate of drug-likeness (QED) is 0.607. The molecule has 7 rings (SSSR count). The van der Waals surface area contributed by atoms with E-state index >= 15 is 0 Å². The highest BCUT2D eigenvalue weighted by Crippen LogP contribution is 3.22. The standard InChI is InChI=1S/C15H18/c1-6-8-4-9-11-10(7-2-3-7)12(11)14-5-13(9,14)15(6,8)14/h6-12H,2-5H2,1H3. The molecule has 0 aromatic carbocycles. The van der Waals surface area contributed by atoms with E-state index in [9.17, 15) is 0 Å². The fourth-order valence-electron chi connectivity index (χ4n) is 8.95. The first kappa shape index (κ1) is 6.67. The molecule has 78 valence electrons. The van der Waals surface area contributed by atoms with Crippen LogP contribution >= 0.6 is 0 Å². The van der Waals surface area contributed by atoms with Crippen LogP contribution in [-0.2, 0) is 0 Å². The fourth-order valence-corrected chi connectivity index (χ4v) is 8.95. The Morgan fingerprint density at radius 1 is 1.00 bits per heavy atom. The molecule has 0 aromatic rings. The summed E-state index contributed by atoms with van der Waals surface area (Å²) in [5, 5.41) is 0. The van der Waals surface area contributed by atoms with Gasteiger partial charge >= 0.3 is 0 Å². The lowest BCUT2D eigenvalue weighted by Crippen LogP contribution is -2.16. The minimum Gasteiger partial charge on any atom is -0.0616 e. The molecule has 0 heterocycles. The highest BCUT2D eigenvalue weighted by atomic mass is 15.2. The number of rotatable bonds is 1. The summed E-state index contributed by atoms with van der Waals surface area (Å²) in [5.74, 6) is 8.78. The fraction of sp³-hybridized carbons (Fsp3) is 1.00. The maximum Gasteiger partial charge on any atom is -0.0108 e. The second-order valence-corrected chi connectivity index (χ2v) is 8.24. The first-order chi connectivity index (χ1) is 7.32. The minimum atomic E-state index is 1.02. The maximum absolute atomic E-state index is 2.59. The summed E-state index contributed by atoms with van der Waals surface area (Å²) in [5.41, 5.74) is 3.09. The molecule has 0 aliphatic heterocycles. The van der Waals surface area contributed by atoms with Crippen LogP contribution in [0.5, 0.6) is 0 Å². The molecule has 15 heavy (non-hydrogen) atoms. The highest BCUT2D eigenvalue weighted by Gasteiger charge is 3.18. The van der Waals surface area contributed by atoms with Gasteiger partial charge < -0.3 is 0 Å². The summed E-state index contributed by atoms with van der Waals surface area (Å²) >= 11 is 0. The predicted octanol–water partition coefficient (Wildman–Crippen LogP) is 2.93. The molecule has 9 unspecified atom stereocenters. The molecule has 0 nitrogen and oxygen atoms in total. The summed E-state index contributed by atoms with van der Waals surface area (Å²) in [6.45, 7) is 2.59. The molecule has 9 atom stereocenters. The van der Waals surface area contributed by atoms with Crippen molar-refractivity contribution in [2.75, 3.05) is 0 Å². The van der Waals surface area contributed by atoms with Crippen LogP contribution in [0.15, 0.2) is 0 Å². The average molecular weight is 198 g/mol. The Hall–Kier alpha value is 0. The van der Waals surface area contributed by atoms with Gasteiger partial charge in [-0.1, -0.05) is 6.92 Å². The second-order valence-electron chi connectivity index (χ2n) is 8.24. The van der Waals surface area contributed by atoms with E-state index in [1.807, 2.05) is 0 Å². The Morgan fingerprint density at radius 3 is 2.67 bits per heavy atom. The SMILES string of the molecule is CC1C2CC3C4C(C5CC5)C4C45CC34C125. The van der Waals surface area contributed by atoms with Crippen LogP contribution in [0.3, 0.4) is 0 Å². The van der Waals surface area contributed by atoms with Gasteiger partial charge in [0, 0.05) is 0 Å². The Balaban J connectivity index is 1.46. The maximum atomic E-state index is 2.59. The van der Waals surface area contributed by atoms with E-state index in [1.165, 1.54) is 41.4 Å². The van der Waals surface area contributed by atoms with Crippen LogP contribution in [0.1, 0.15) is 32.6 Å². The van der Waals surface area contributed by atoms with Crippen molar-refractivity contribution in [3.05, 3.63) is 0 Å². The molecule has 0 radical (unpaired) electrons. The van der Waals surface area contributed by atoms with Gasteiger partial charge in [0.25, 0.3) is 0 Å². The van der Waals surface area contributed by atoms with E-state index < -0.39 is 0 Å². The van der Waals surface area contributed by atoms with Crippen LogP contribution in [0.4, 0.5) is 0 Å². The van der Waals surface area contributed by atoms with E-state index in [2.05, 4.69) is 6.92 Å². The molecule has 0 heteroatoms. The summed E-state index contributed by atoms with van der Waals surface area (Å²) in [7, 11) is 0. The largest absolute Gasteiger partial charge is 0.0616 e. The normalized spacial score (nSPS) is 91.8. The van der Waals surface area contributed by atoms with Gasteiger partial charge in [0.1, 0.15) is 0 Å². The van der Waals surface area contributed by atoms with Crippen molar-refractivity contribution in [2.24, 2.45) is 57.7 Å². The lowest BCUT2D eigenvalue weighted by molar-refractivity contribution is 0.260. The first-order valence-corrected chi connectivity index (χ1v) is 7.32. The van der Waals surface area contributed by atoms with Crippen molar-refractivity contribution in [1.29, 1.82) is 0 Å². The van der Waals surface area contributed by atoms with Crippen molar-refractivity contribution in [3.8, 4) is 0 Å². The third-order valence-electron chi connectivity index (χ3n) is 8.91. The summed E-state index contributed by atoms with van der Waals surface area (Å²) < 4.78 is 0. The Morgan fingerprint density at radius 2 is 1.87 bits per heavy atom. The number of fused-ring (bicyclic) bond motifs is 2. The third kappa shape index (κ3) is 0.315. The minimum absolute atomic E-state index is 1.02. The molecule has 2 spiro atoms. The van der Waals surface area contributed by atoms with Gasteiger partial charge in [-0.15, -0.1) is 0 Å². The molecule has 0 aromatic heterocycles. The van der Waals surface area contributed by atoms with Gasteiger partial charge in [0.2, 0.25) is 0 Å². The average Bonchev–Trinajstić information content (AvgIpc) is 3.01. The van der Waals surface area contributed by atoms with Crippen molar-refractivity contribution < 1.29 is 0 Å². The topological polar surface area (TPSA) is 0 Å². The Labute approximate surface area is 90.8 Å². The van der Waals surface area contributed by atoms with Crippen LogP contribution in [-0.4, -0.2) is 0 Å². The highest BCUT2D eigenvalue weighted by molar-refractivity contribution is 5.64. The molecule has 0 saturated heterocycles. The molecule has 7 aliphatic rings. The molecule has 7 aliphatic carbocycles. The lowest BCUT2D eigenvalue weighted by atomic mass is 9.83. The first-order valence-electron chi connectivity index (χ1n) is 7.32. The smallest absolute Gasteiger partial charge is 0.0108 e. The van der Waals surface area contributed by atoms with E-state index in [4.69, 9.17) is 0 Å². The molecule has 0 bridgehead atoms. The molecule has 7 saturated carbocycles. The van der Waals surface area contributed by atoms with Crippen molar-refractivity contribution in [1.82, 2.24) is 0 Å². The van der Waals surface area contributed by atoms with Crippen molar-refractivity contribution in [2.45, 2.75) is 32.6 Å². The van der Waals surface area contributed by atoms with Crippen LogP contribution < -0.4 is 0 Å². The zero-order valence-corrected chi connectivity index (χ0v) is 9.37. The lowest BCUT2D eigenvalue weighted by Gasteiger charge is -2.21. The third-order valence-corrected chi connectivity index (χ3v) is 8.91. The van der Waals surface area contributed by atoms with E-state index in [1.54, 1.807) is 25.7 Å². The van der Waals surface area contributed by atoms with Crippen molar-refractivity contribution in [3.63, 3.8) is 0 Å². The Kier molecular flexibility index (Phi) is 0.569. The monoisotopic (exact) mass is 198 g/mol. The number of hydrogen-bond donors (Lipinski definition) is 0. The van der Waals surface area contributed by atoms with Crippen LogP contribution in [0.25, 0.3) is 0 Å². The summed E-state index contributed by atoms with van der Waals surface area (Å²) in [6, 6.07) is 0.